The van der Waals surface area contributed by atoms with Crippen molar-refractivity contribution in [3.05, 3.63) is 0 Å². The molecule has 63 heavy (non-hydrogen) atoms. The van der Waals surface area contributed by atoms with Crippen LogP contribution in [-0.2, 0) is 28.7 Å². The maximum atomic E-state index is 12.1. The van der Waals surface area contributed by atoms with E-state index >= 15 is 0 Å². The van der Waals surface area contributed by atoms with Crippen LogP contribution in [0.4, 0.5) is 9.59 Å². The number of nitrogens with one attached hydrogen (secondary N) is 5. The number of Topliss-reactive ketones (excluding diaryl/α,β-unsaturated/α-hetero) is 1. The fraction of sp³-hybridized carbons (Fsp3) is 0.860. The van der Waals surface area contributed by atoms with Crippen LogP contribution in [0.5, 0.6) is 0 Å². The van der Waals surface area contributed by atoms with Gasteiger partial charge in [-0.05, 0) is 138 Å². The minimum atomic E-state index is -0.460. The zero-order chi connectivity index (χ0) is 44.5. The van der Waals surface area contributed by atoms with E-state index in [1.54, 1.807) is 30.9 Å². The quantitative estimate of drug-likeness (QED) is 0.268. The van der Waals surface area contributed by atoms with Crippen molar-refractivity contribution in [1.29, 1.82) is 0 Å². The standard InChI is InChI=1S/C16H29N3O3.C11H21N3O.C10H17NO3.C6H12N2O.3ClH/c1-16(2,3)22-15(21)18-10-7-12(8-11-18)19-9-5-6-13(19)14(20)17-4;1-12-11(15)10-3-2-8-14(10)9-4-6-13-7-5-9;1-10(2,3)14-9(13)11-6-4-8(12)5-7-11;1-7-6(9)5-3-2-4-8-5;;;/h12-13H,5-11H2,1-4H3,(H,17,20);9-10,13H,2-8H2,1H3,(H,12,15);4-7H2,1-3H3;5,8H,2-4H2,1H3,(H,7,9);3*1H/t13-;10-;;5-;;;/m00.0.../s1. The third kappa shape index (κ3) is 21.0. The maximum absolute atomic E-state index is 12.1. The zero-order valence-electron chi connectivity index (χ0n) is 39.5. The average molecular weight is 960 g/mol. The van der Waals surface area contributed by atoms with Crippen LogP contribution in [0.25, 0.3) is 0 Å². The number of hydrogen-bond donors (Lipinski definition) is 5. The summed E-state index contributed by atoms with van der Waals surface area (Å²) in [5, 5.41) is 14.6. The molecule has 0 aromatic rings. The minimum Gasteiger partial charge on any atom is -0.444 e. The molecule has 6 heterocycles. The van der Waals surface area contributed by atoms with Gasteiger partial charge in [0.05, 0.1) is 18.1 Å². The molecule has 5 N–H and O–H groups in total. The Morgan fingerprint density at radius 1 is 0.540 bits per heavy atom. The molecule has 0 saturated carbocycles. The monoisotopic (exact) mass is 958 g/mol. The molecule has 0 spiro atoms. The number of carbonyl (C=O) groups excluding carboxylic acids is 6. The van der Waals surface area contributed by atoms with E-state index in [-0.39, 0.29) is 91.0 Å². The molecule has 6 fully saturated rings. The first-order valence-electron chi connectivity index (χ1n) is 22.4. The maximum Gasteiger partial charge on any atom is 0.410 e. The SMILES string of the molecule is CC(C)(C)OC(=O)N1CCC(=O)CC1.CNC(=O)[C@@H]1CCCN1.CNC(=O)[C@@H]1CCCN1C1CCN(C(=O)OC(C)(C)C)CC1.CNC(=O)[C@@H]1CCCN1C1CCNCC1.Cl.Cl.Cl. The number of likely N-dealkylation sites (N-methyl/N-ethyl adjacent to an activating group) is 3. The summed E-state index contributed by atoms with van der Waals surface area (Å²) in [6.07, 6.45) is 10.9. The lowest BCUT2D eigenvalue weighted by Crippen LogP contribution is -2.52. The molecular formula is C43H82Cl3N9O8. The lowest BCUT2D eigenvalue weighted by molar-refractivity contribution is -0.126. The summed E-state index contributed by atoms with van der Waals surface area (Å²) < 4.78 is 10.6. The van der Waals surface area contributed by atoms with Crippen molar-refractivity contribution >= 4 is 72.9 Å². The summed E-state index contributed by atoms with van der Waals surface area (Å²) >= 11 is 0. The van der Waals surface area contributed by atoms with Gasteiger partial charge < -0.3 is 45.9 Å². The number of rotatable bonds is 5. The Morgan fingerprint density at radius 2 is 0.952 bits per heavy atom. The third-order valence-corrected chi connectivity index (χ3v) is 11.6. The Kier molecular flexibility index (Phi) is 28.5. The molecule has 368 valence electrons. The van der Waals surface area contributed by atoms with Gasteiger partial charge in [-0.25, -0.2) is 9.59 Å². The predicted molar refractivity (Wildman–Crippen MR) is 253 cm³/mol. The third-order valence-electron chi connectivity index (χ3n) is 11.6. The van der Waals surface area contributed by atoms with Crippen molar-refractivity contribution < 1.29 is 38.2 Å². The van der Waals surface area contributed by atoms with Gasteiger partial charge in [0.25, 0.3) is 0 Å². The highest BCUT2D eigenvalue weighted by atomic mass is 35.5. The van der Waals surface area contributed by atoms with Gasteiger partial charge in [0, 0.05) is 72.2 Å². The van der Waals surface area contributed by atoms with E-state index in [1.807, 2.05) is 41.5 Å². The van der Waals surface area contributed by atoms with Crippen molar-refractivity contribution in [2.45, 2.75) is 160 Å². The molecule has 6 aliphatic heterocycles. The Morgan fingerprint density at radius 3 is 1.33 bits per heavy atom. The number of nitrogens with zero attached hydrogens (tertiary/aromatic N) is 4. The smallest absolute Gasteiger partial charge is 0.410 e. The number of amides is 5. The van der Waals surface area contributed by atoms with E-state index in [4.69, 9.17) is 9.47 Å². The highest BCUT2D eigenvalue weighted by Gasteiger charge is 2.38. The average Bonchev–Trinajstić information content (AvgIpc) is 4.04. The number of piperidine rings is 3. The summed E-state index contributed by atoms with van der Waals surface area (Å²) in [4.78, 5) is 77.2. The Hall–Kier alpha value is -2.67. The van der Waals surface area contributed by atoms with E-state index in [1.165, 1.54) is 19.3 Å². The van der Waals surface area contributed by atoms with Gasteiger partial charge in [-0.15, -0.1) is 37.2 Å². The van der Waals surface area contributed by atoms with E-state index < -0.39 is 11.2 Å². The molecule has 6 aliphatic rings. The van der Waals surface area contributed by atoms with E-state index in [2.05, 4.69) is 36.4 Å². The predicted octanol–water partition coefficient (Wildman–Crippen LogP) is 3.88. The molecular weight excluding hydrogens is 877 g/mol. The topological polar surface area (TPSA) is 194 Å². The number of ether oxygens (including phenoxy) is 2. The molecule has 20 heteroatoms. The summed E-state index contributed by atoms with van der Waals surface area (Å²) in [5.74, 6) is 0.662. The Balaban J connectivity index is 0.000000835. The summed E-state index contributed by atoms with van der Waals surface area (Å²) in [7, 11) is 5.10. The van der Waals surface area contributed by atoms with Crippen LogP contribution in [-0.4, -0.2) is 177 Å². The first-order chi connectivity index (χ1) is 28.4. The molecule has 0 aromatic heterocycles. The molecule has 0 bridgehead atoms. The Bertz CT molecular complexity index is 1390. The van der Waals surface area contributed by atoms with Crippen LogP contribution in [0, 0.1) is 0 Å². The Labute approximate surface area is 395 Å². The van der Waals surface area contributed by atoms with Gasteiger partial charge in [-0.3, -0.25) is 29.0 Å². The summed E-state index contributed by atoms with van der Waals surface area (Å²) in [5.41, 5.74) is -0.911. The summed E-state index contributed by atoms with van der Waals surface area (Å²) in [6, 6.07) is 1.23. The highest BCUT2D eigenvalue weighted by molar-refractivity contribution is 5.86. The molecule has 0 aliphatic carbocycles. The minimum absolute atomic E-state index is 0. The van der Waals surface area contributed by atoms with Gasteiger partial charge in [0.15, 0.2) is 0 Å². The van der Waals surface area contributed by atoms with E-state index in [0.717, 1.165) is 77.7 Å². The van der Waals surface area contributed by atoms with Gasteiger partial charge in [-0.1, -0.05) is 0 Å². The van der Waals surface area contributed by atoms with E-state index in [0.29, 0.717) is 51.1 Å². The van der Waals surface area contributed by atoms with Crippen LogP contribution >= 0.6 is 37.2 Å². The number of hydrogen-bond acceptors (Lipinski definition) is 12. The van der Waals surface area contributed by atoms with Crippen LogP contribution < -0.4 is 26.6 Å². The fourth-order valence-corrected chi connectivity index (χ4v) is 8.54. The van der Waals surface area contributed by atoms with Crippen molar-refractivity contribution in [3.63, 3.8) is 0 Å². The number of ketones is 1. The second kappa shape index (κ2) is 29.8. The normalized spacial score (nSPS) is 23.3. The van der Waals surface area contributed by atoms with Gasteiger partial charge >= 0.3 is 12.2 Å². The molecule has 5 amide bonds. The van der Waals surface area contributed by atoms with Gasteiger partial charge in [0.2, 0.25) is 17.7 Å². The molecule has 3 atom stereocenters. The highest BCUT2D eigenvalue weighted by Crippen LogP contribution is 2.27. The fourth-order valence-electron chi connectivity index (χ4n) is 8.54. The molecule has 6 saturated heterocycles. The van der Waals surface area contributed by atoms with Gasteiger partial charge in [0.1, 0.15) is 17.0 Å². The van der Waals surface area contributed by atoms with Crippen molar-refractivity contribution in [1.82, 2.24) is 46.2 Å². The summed E-state index contributed by atoms with van der Waals surface area (Å²) in [6.45, 7) is 18.8. The van der Waals surface area contributed by atoms with Gasteiger partial charge in [-0.2, -0.15) is 0 Å². The van der Waals surface area contributed by atoms with E-state index in [9.17, 15) is 28.8 Å². The lowest BCUT2D eigenvalue weighted by Gasteiger charge is -2.39. The van der Waals surface area contributed by atoms with Crippen LogP contribution in [0.2, 0.25) is 0 Å². The van der Waals surface area contributed by atoms with Crippen molar-refractivity contribution in [2.75, 3.05) is 80.0 Å². The number of likely N-dealkylation sites (tertiary alicyclic amines) is 4. The largest absolute Gasteiger partial charge is 0.444 e. The molecule has 0 unspecified atom stereocenters. The molecule has 0 aromatic carbocycles. The molecule has 17 nitrogen and oxygen atoms in total. The van der Waals surface area contributed by atoms with Crippen LogP contribution in [0.15, 0.2) is 0 Å². The lowest BCUT2D eigenvalue weighted by atomic mass is 10.0. The van der Waals surface area contributed by atoms with Crippen molar-refractivity contribution in [3.8, 4) is 0 Å². The van der Waals surface area contributed by atoms with Crippen LogP contribution in [0.3, 0.4) is 0 Å². The second-order valence-electron chi connectivity index (χ2n) is 18.5. The second-order valence-corrected chi connectivity index (χ2v) is 18.5. The molecule has 0 radical (unpaired) electrons. The number of halogens is 3. The first-order valence-corrected chi connectivity index (χ1v) is 22.4. The van der Waals surface area contributed by atoms with Crippen molar-refractivity contribution in [2.24, 2.45) is 0 Å². The molecule has 6 rings (SSSR count). The first kappa shape index (κ1) is 60.3. The van der Waals surface area contributed by atoms with Crippen LogP contribution in [0.1, 0.15) is 119 Å². The number of carbonyl (C=O) groups is 6. The zero-order valence-corrected chi connectivity index (χ0v) is 42.0.